The molecule has 1 radical (unpaired) electrons. The van der Waals surface area contributed by atoms with E-state index >= 15 is 0 Å². The zero-order valence-electron chi connectivity index (χ0n) is 5.90. The summed E-state index contributed by atoms with van der Waals surface area (Å²) in [6.45, 7) is 3.14. The third-order valence-electron chi connectivity index (χ3n) is 1.02. The molecule has 1 aromatic rings. The van der Waals surface area contributed by atoms with Gasteiger partial charge in [-0.2, -0.15) is 0 Å². The summed E-state index contributed by atoms with van der Waals surface area (Å²) in [6.07, 6.45) is 0. The summed E-state index contributed by atoms with van der Waals surface area (Å²) in [5, 5.41) is 15.8. The molecule has 0 bridgehead atoms. The minimum Gasteiger partial charge on any atom is -0.357 e. The van der Waals surface area contributed by atoms with E-state index in [1.54, 1.807) is 12.1 Å². The third kappa shape index (κ3) is 3.41. The van der Waals surface area contributed by atoms with Crippen molar-refractivity contribution in [3.05, 3.63) is 37.3 Å². The van der Waals surface area contributed by atoms with Gasteiger partial charge in [-0.25, -0.2) is 0 Å². The quantitative estimate of drug-likeness (QED) is 0.517. The molecule has 0 spiro atoms. The first-order chi connectivity index (χ1) is 5.08. The molecular weight excluding hydrogens is 160 g/mol. The first-order valence-electron chi connectivity index (χ1n) is 3.12. The second-order valence-electron chi connectivity index (χ2n) is 2.16. The number of hydrogen-bond donors (Lipinski definition) is 2. The molecule has 0 aromatic heterocycles. The Balaban J connectivity index is 2.66. The molecule has 2 N–H and O–H groups in total. The molecule has 0 atom stereocenters. The van der Waals surface area contributed by atoms with Gasteiger partial charge in [0.15, 0.2) is 0 Å². The second kappa shape index (κ2) is 3.26. The van der Waals surface area contributed by atoms with Gasteiger partial charge < -0.3 is 10.2 Å². The molecule has 0 saturated carbocycles. The van der Waals surface area contributed by atoms with Crippen LogP contribution in [0.25, 0.3) is 0 Å². The van der Waals surface area contributed by atoms with E-state index in [-0.39, 0.29) is 0 Å². The van der Waals surface area contributed by atoms with Crippen molar-refractivity contribution in [2.45, 2.75) is 10.0 Å². The van der Waals surface area contributed by atoms with Gasteiger partial charge in [0.25, 0.3) is 0 Å². The maximum atomic E-state index is 8.88. The zero-order valence-corrected chi connectivity index (χ0v) is 6.71. The van der Waals surface area contributed by atoms with Crippen molar-refractivity contribution in [1.82, 2.24) is 0 Å². The molecule has 59 valence electrons. The molecule has 0 aliphatic rings. The molecule has 0 aliphatic heterocycles. The average molecular weight is 169 g/mol. The van der Waals surface area contributed by atoms with Gasteiger partial charge in [-0.15, -0.1) is 0 Å². The highest BCUT2D eigenvalue weighted by Gasteiger charge is 2.16. The number of thioether (sulfide) groups is 1. The minimum absolute atomic E-state index is 0.785. The van der Waals surface area contributed by atoms with Crippen LogP contribution in [-0.2, 0) is 0 Å². The van der Waals surface area contributed by atoms with E-state index in [0.29, 0.717) is 0 Å². The number of benzene rings is 1. The standard InChI is InChI=1S/C8H9O2S/c1-8(9,10)11-7-5-3-2-4-6-7/h2-6,9-10H,1H2. The van der Waals surface area contributed by atoms with Gasteiger partial charge >= 0.3 is 0 Å². The summed E-state index contributed by atoms with van der Waals surface area (Å²) in [7, 11) is 0. The van der Waals surface area contributed by atoms with Crippen LogP contribution in [0, 0.1) is 6.92 Å². The van der Waals surface area contributed by atoms with E-state index in [4.69, 9.17) is 10.2 Å². The van der Waals surface area contributed by atoms with Crippen LogP contribution in [0.2, 0.25) is 0 Å². The molecule has 1 rings (SSSR count). The fraction of sp³-hybridized carbons (Fsp3) is 0.125. The first kappa shape index (κ1) is 8.59. The predicted molar refractivity (Wildman–Crippen MR) is 44.8 cm³/mol. The lowest BCUT2D eigenvalue weighted by Gasteiger charge is -2.13. The Hall–Kier alpha value is -0.510. The molecule has 2 nitrogen and oxygen atoms in total. The van der Waals surface area contributed by atoms with Gasteiger partial charge in [0, 0.05) is 11.8 Å². The van der Waals surface area contributed by atoms with Crippen molar-refractivity contribution < 1.29 is 10.2 Å². The number of aliphatic hydroxyl groups is 2. The lowest BCUT2D eigenvalue weighted by Crippen LogP contribution is -2.17. The van der Waals surface area contributed by atoms with Crippen LogP contribution in [0.4, 0.5) is 0 Å². The normalized spacial score (nSPS) is 11.5. The summed E-state index contributed by atoms with van der Waals surface area (Å²) >= 11 is 0.901. The van der Waals surface area contributed by atoms with Crippen LogP contribution in [0.3, 0.4) is 0 Å². The van der Waals surface area contributed by atoms with Crippen LogP contribution in [-0.4, -0.2) is 15.3 Å². The van der Waals surface area contributed by atoms with Gasteiger partial charge in [-0.05, 0) is 12.1 Å². The molecule has 0 saturated heterocycles. The predicted octanol–water partition coefficient (Wildman–Crippen LogP) is 1.25. The highest BCUT2D eigenvalue weighted by molar-refractivity contribution is 8.00. The smallest absolute Gasteiger partial charge is 0.217 e. The second-order valence-corrected chi connectivity index (χ2v) is 3.49. The minimum atomic E-state index is -1.93. The first-order valence-corrected chi connectivity index (χ1v) is 3.94. The Bertz CT molecular complexity index is 215. The van der Waals surface area contributed by atoms with Crippen molar-refractivity contribution in [1.29, 1.82) is 0 Å². The summed E-state index contributed by atoms with van der Waals surface area (Å²) < 4.78 is 0. The molecule has 0 amide bonds. The summed E-state index contributed by atoms with van der Waals surface area (Å²) in [5.74, 6) is 0. The van der Waals surface area contributed by atoms with Crippen LogP contribution in [0.5, 0.6) is 0 Å². The van der Waals surface area contributed by atoms with Crippen molar-refractivity contribution in [3.8, 4) is 0 Å². The van der Waals surface area contributed by atoms with Crippen molar-refractivity contribution >= 4 is 11.8 Å². The Labute approximate surface area is 69.9 Å². The van der Waals surface area contributed by atoms with Crippen molar-refractivity contribution in [3.63, 3.8) is 0 Å². The fourth-order valence-electron chi connectivity index (χ4n) is 0.677. The third-order valence-corrected chi connectivity index (χ3v) is 1.86. The maximum absolute atomic E-state index is 8.88. The maximum Gasteiger partial charge on any atom is 0.217 e. The Morgan fingerprint density at radius 1 is 1.18 bits per heavy atom. The molecule has 0 fully saturated rings. The lowest BCUT2D eigenvalue weighted by molar-refractivity contribution is -0.0356. The summed E-state index contributed by atoms with van der Waals surface area (Å²) in [6, 6.07) is 9.10. The zero-order chi connectivity index (χ0) is 8.32. The molecule has 1 aromatic carbocycles. The average Bonchev–Trinajstić information content (AvgIpc) is 1.85. The van der Waals surface area contributed by atoms with Gasteiger partial charge in [0.05, 0.1) is 0 Å². The number of rotatable bonds is 2. The monoisotopic (exact) mass is 169 g/mol. The van der Waals surface area contributed by atoms with E-state index in [1.165, 1.54) is 0 Å². The largest absolute Gasteiger partial charge is 0.357 e. The SMILES string of the molecule is [CH2]C(O)(O)Sc1ccccc1. The fourth-order valence-corrected chi connectivity index (χ4v) is 1.35. The number of hydrogen-bond acceptors (Lipinski definition) is 3. The van der Waals surface area contributed by atoms with Gasteiger partial charge in [0.1, 0.15) is 0 Å². The van der Waals surface area contributed by atoms with Crippen molar-refractivity contribution in [2.75, 3.05) is 0 Å². The Morgan fingerprint density at radius 2 is 1.73 bits per heavy atom. The van der Waals surface area contributed by atoms with Crippen LogP contribution < -0.4 is 0 Å². The van der Waals surface area contributed by atoms with E-state index in [1.807, 2.05) is 18.2 Å². The van der Waals surface area contributed by atoms with E-state index in [2.05, 4.69) is 6.92 Å². The molecule has 11 heavy (non-hydrogen) atoms. The van der Waals surface area contributed by atoms with Crippen LogP contribution in [0.15, 0.2) is 35.2 Å². The van der Waals surface area contributed by atoms with Crippen molar-refractivity contribution in [2.24, 2.45) is 0 Å². The molecule has 0 aliphatic carbocycles. The van der Waals surface area contributed by atoms with E-state index in [9.17, 15) is 0 Å². The topological polar surface area (TPSA) is 40.5 Å². The summed E-state index contributed by atoms with van der Waals surface area (Å²) in [4.78, 5) is 0.785. The highest BCUT2D eigenvalue weighted by Crippen LogP contribution is 2.26. The molecule has 0 heterocycles. The Morgan fingerprint density at radius 3 is 2.18 bits per heavy atom. The van der Waals surface area contributed by atoms with Gasteiger partial charge in [-0.3, -0.25) is 0 Å². The molecule has 0 unspecified atom stereocenters. The molecular formula is C8H9O2S. The van der Waals surface area contributed by atoms with E-state index < -0.39 is 5.12 Å². The van der Waals surface area contributed by atoms with Crippen LogP contribution >= 0.6 is 11.8 Å². The van der Waals surface area contributed by atoms with Gasteiger partial charge in [0.2, 0.25) is 5.12 Å². The van der Waals surface area contributed by atoms with Crippen LogP contribution in [0.1, 0.15) is 0 Å². The molecule has 3 heteroatoms. The van der Waals surface area contributed by atoms with Gasteiger partial charge in [-0.1, -0.05) is 30.0 Å². The highest BCUT2D eigenvalue weighted by atomic mass is 32.2. The summed E-state index contributed by atoms with van der Waals surface area (Å²) in [5.41, 5.74) is 0. The van der Waals surface area contributed by atoms with E-state index in [0.717, 1.165) is 16.7 Å². The lowest BCUT2D eigenvalue weighted by atomic mass is 10.4. The Kier molecular flexibility index (Phi) is 2.54.